The Balaban J connectivity index is 2.10. The van der Waals surface area contributed by atoms with Crippen molar-refractivity contribution in [1.29, 1.82) is 0 Å². The number of carbonyl (C=O) groups excluding carboxylic acids is 1. The Morgan fingerprint density at radius 3 is 2.67 bits per heavy atom. The highest BCUT2D eigenvalue weighted by Crippen LogP contribution is 2.31. The fourth-order valence-corrected chi connectivity index (χ4v) is 1.87. The lowest BCUT2D eigenvalue weighted by molar-refractivity contribution is -0.138. The van der Waals surface area contributed by atoms with Gasteiger partial charge in [0, 0.05) is 32.1 Å². The summed E-state index contributed by atoms with van der Waals surface area (Å²) in [5.41, 5.74) is 0. The van der Waals surface area contributed by atoms with Crippen LogP contribution in [0.1, 0.15) is 19.8 Å². The zero-order valence-corrected chi connectivity index (χ0v) is 7.25. The normalized spacial score (nSPS) is 22.4. The van der Waals surface area contributed by atoms with Crippen LogP contribution in [0.5, 0.6) is 0 Å². The van der Waals surface area contributed by atoms with Gasteiger partial charge in [-0.15, -0.1) is 0 Å². The summed E-state index contributed by atoms with van der Waals surface area (Å²) in [6.45, 7) is 3.70. The zero-order chi connectivity index (χ0) is 8.55. The third-order valence-electron chi connectivity index (χ3n) is 2.50. The molecular weight excluding hydrogens is 154 g/mol. The Labute approximate surface area is 72.0 Å². The molecule has 0 aliphatic carbocycles. The average Bonchev–Trinajstić information content (AvgIpc) is 2.05. The van der Waals surface area contributed by atoms with Crippen molar-refractivity contribution in [3.05, 3.63) is 12.0 Å². The molecule has 1 fully saturated rings. The third-order valence-corrected chi connectivity index (χ3v) is 2.50. The fraction of sp³-hybridized carbons (Fsp3) is 0.667. The molecule has 12 heavy (non-hydrogen) atoms. The molecule has 0 spiro atoms. The Hall–Kier alpha value is -0.990. The van der Waals surface area contributed by atoms with E-state index in [4.69, 9.17) is 4.74 Å². The lowest BCUT2D eigenvalue weighted by Gasteiger charge is -2.37. The number of carbonyl (C=O) groups is 1. The van der Waals surface area contributed by atoms with Crippen molar-refractivity contribution in [3.63, 3.8) is 0 Å². The molecule has 3 heteroatoms. The molecule has 3 aliphatic heterocycles. The minimum absolute atomic E-state index is 0.199. The lowest BCUT2D eigenvalue weighted by atomic mass is 9.91. The highest BCUT2D eigenvalue weighted by molar-refractivity contribution is 5.67. The second-order valence-electron chi connectivity index (χ2n) is 3.44. The van der Waals surface area contributed by atoms with Gasteiger partial charge in [0.05, 0.1) is 0 Å². The van der Waals surface area contributed by atoms with Crippen LogP contribution in [0.2, 0.25) is 0 Å². The molecule has 3 rings (SSSR count). The summed E-state index contributed by atoms with van der Waals surface area (Å²) in [6, 6.07) is 0. The van der Waals surface area contributed by atoms with E-state index in [0.717, 1.165) is 31.7 Å². The fourth-order valence-electron chi connectivity index (χ4n) is 1.87. The maximum absolute atomic E-state index is 10.7. The van der Waals surface area contributed by atoms with E-state index in [9.17, 15) is 4.79 Å². The van der Waals surface area contributed by atoms with Gasteiger partial charge in [0.15, 0.2) is 0 Å². The highest BCUT2D eigenvalue weighted by Gasteiger charge is 2.28. The molecule has 0 atom stereocenters. The number of piperidine rings is 1. The molecule has 0 aromatic heterocycles. The smallest absolute Gasteiger partial charge is 0.307 e. The van der Waals surface area contributed by atoms with Crippen molar-refractivity contribution in [3.8, 4) is 0 Å². The van der Waals surface area contributed by atoms with E-state index in [-0.39, 0.29) is 5.97 Å². The number of fused-ring (bicyclic) bond motifs is 2. The van der Waals surface area contributed by atoms with Gasteiger partial charge in [0.25, 0.3) is 0 Å². The van der Waals surface area contributed by atoms with Crippen LogP contribution in [0.4, 0.5) is 0 Å². The standard InChI is InChI=1S/C9H13NO2/c1-7(11)12-9-6-10-4-2-8(9)3-5-10/h6,8H,2-5H2,1H3. The minimum Gasteiger partial charge on any atom is -0.429 e. The average molecular weight is 167 g/mol. The van der Waals surface area contributed by atoms with Crippen LogP contribution < -0.4 is 0 Å². The molecule has 0 amide bonds. The SMILES string of the molecule is CC(=O)OC1=CN2CCC1CC2. The number of esters is 1. The van der Waals surface area contributed by atoms with Gasteiger partial charge in [0.2, 0.25) is 0 Å². The topological polar surface area (TPSA) is 29.5 Å². The van der Waals surface area contributed by atoms with E-state index in [2.05, 4.69) is 4.90 Å². The first-order chi connectivity index (χ1) is 5.75. The summed E-state index contributed by atoms with van der Waals surface area (Å²) >= 11 is 0. The molecule has 0 saturated carbocycles. The summed E-state index contributed by atoms with van der Waals surface area (Å²) in [7, 11) is 0. The zero-order valence-electron chi connectivity index (χ0n) is 7.25. The molecule has 0 radical (unpaired) electrons. The van der Waals surface area contributed by atoms with Crippen molar-refractivity contribution in [2.75, 3.05) is 13.1 Å². The van der Waals surface area contributed by atoms with Gasteiger partial charge < -0.3 is 9.64 Å². The predicted octanol–water partition coefficient (Wildman–Crippen LogP) is 1.12. The van der Waals surface area contributed by atoms with Crippen LogP contribution in [0.3, 0.4) is 0 Å². The number of rotatable bonds is 1. The number of hydrogen-bond donors (Lipinski definition) is 0. The van der Waals surface area contributed by atoms with E-state index < -0.39 is 0 Å². The van der Waals surface area contributed by atoms with Gasteiger partial charge in [-0.1, -0.05) is 0 Å². The largest absolute Gasteiger partial charge is 0.429 e. The molecule has 0 aromatic rings. The monoisotopic (exact) mass is 167 g/mol. The number of allylic oxidation sites excluding steroid dienone is 1. The lowest BCUT2D eigenvalue weighted by Crippen LogP contribution is -2.37. The summed E-state index contributed by atoms with van der Waals surface area (Å²) in [5, 5.41) is 0. The predicted molar refractivity (Wildman–Crippen MR) is 44.1 cm³/mol. The summed E-state index contributed by atoms with van der Waals surface area (Å²) < 4.78 is 5.11. The van der Waals surface area contributed by atoms with Crippen LogP contribution >= 0.6 is 0 Å². The van der Waals surface area contributed by atoms with Crippen molar-refractivity contribution >= 4 is 5.97 Å². The molecule has 0 aromatic carbocycles. The first-order valence-corrected chi connectivity index (χ1v) is 4.40. The van der Waals surface area contributed by atoms with E-state index >= 15 is 0 Å². The van der Waals surface area contributed by atoms with Gasteiger partial charge in [-0.25, -0.2) is 0 Å². The van der Waals surface area contributed by atoms with Gasteiger partial charge in [-0.3, -0.25) is 4.79 Å². The molecule has 66 valence electrons. The molecule has 1 saturated heterocycles. The van der Waals surface area contributed by atoms with Gasteiger partial charge in [0.1, 0.15) is 5.76 Å². The Morgan fingerprint density at radius 2 is 2.25 bits per heavy atom. The highest BCUT2D eigenvalue weighted by atomic mass is 16.5. The quantitative estimate of drug-likeness (QED) is 0.548. The van der Waals surface area contributed by atoms with Crippen LogP contribution in [0.15, 0.2) is 12.0 Å². The Kier molecular flexibility index (Phi) is 1.79. The summed E-state index contributed by atoms with van der Waals surface area (Å²) in [4.78, 5) is 12.9. The van der Waals surface area contributed by atoms with Crippen LogP contribution in [-0.2, 0) is 9.53 Å². The van der Waals surface area contributed by atoms with Crippen molar-refractivity contribution in [2.24, 2.45) is 5.92 Å². The second-order valence-corrected chi connectivity index (χ2v) is 3.44. The first kappa shape index (κ1) is 7.65. The maximum Gasteiger partial charge on any atom is 0.307 e. The van der Waals surface area contributed by atoms with Crippen LogP contribution in [0.25, 0.3) is 0 Å². The Morgan fingerprint density at radius 1 is 1.58 bits per heavy atom. The number of ether oxygens (including phenoxy) is 1. The van der Waals surface area contributed by atoms with E-state index in [1.54, 1.807) is 0 Å². The summed E-state index contributed by atoms with van der Waals surface area (Å²) in [6.07, 6.45) is 4.26. The van der Waals surface area contributed by atoms with Crippen molar-refractivity contribution in [1.82, 2.24) is 4.90 Å². The molecule has 3 heterocycles. The van der Waals surface area contributed by atoms with Crippen LogP contribution in [0, 0.1) is 5.92 Å². The molecule has 2 bridgehead atoms. The van der Waals surface area contributed by atoms with Crippen LogP contribution in [-0.4, -0.2) is 24.0 Å². The molecule has 0 N–H and O–H groups in total. The number of nitrogens with zero attached hydrogens (tertiary/aromatic N) is 1. The van der Waals surface area contributed by atoms with E-state index in [0.29, 0.717) is 5.92 Å². The third kappa shape index (κ3) is 1.31. The Bertz CT molecular complexity index is 227. The van der Waals surface area contributed by atoms with Gasteiger partial charge in [-0.2, -0.15) is 0 Å². The minimum atomic E-state index is -0.199. The number of hydrogen-bond acceptors (Lipinski definition) is 3. The molecule has 3 aliphatic rings. The first-order valence-electron chi connectivity index (χ1n) is 4.40. The molecule has 0 unspecified atom stereocenters. The molecule has 3 nitrogen and oxygen atoms in total. The molecular formula is C9H13NO2. The van der Waals surface area contributed by atoms with Crippen molar-refractivity contribution < 1.29 is 9.53 Å². The maximum atomic E-state index is 10.7. The van der Waals surface area contributed by atoms with Gasteiger partial charge in [-0.05, 0) is 12.8 Å². The summed E-state index contributed by atoms with van der Waals surface area (Å²) in [5.74, 6) is 1.17. The second kappa shape index (κ2) is 2.81. The van der Waals surface area contributed by atoms with E-state index in [1.165, 1.54) is 6.92 Å². The van der Waals surface area contributed by atoms with Gasteiger partial charge >= 0.3 is 5.97 Å². The van der Waals surface area contributed by atoms with Crippen molar-refractivity contribution in [2.45, 2.75) is 19.8 Å². The van der Waals surface area contributed by atoms with E-state index in [1.807, 2.05) is 6.20 Å².